The summed E-state index contributed by atoms with van der Waals surface area (Å²) in [5, 5.41) is 0. The smallest absolute Gasteiger partial charge is 0.132 e. The highest BCUT2D eigenvalue weighted by atomic mass is 35.5. The summed E-state index contributed by atoms with van der Waals surface area (Å²) in [4.78, 5) is 0. The fourth-order valence-electron chi connectivity index (χ4n) is 1.41. The molecule has 0 amide bonds. The van der Waals surface area contributed by atoms with Gasteiger partial charge in [0.15, 0.2) is 0 Å². The van der Waals surface area contributed by atoms with Crippen LogP contribution in [0.15, 0.2) is 42.5 Å². The predicted molar refractivity (Wildman–Crippen MR) is 62.4 cm³/mol. The van der Waals surface area contributed by atoms with Crippen LogP contribution in [0.25, 0.3) is 0 Å². The highest BCUT2D eigenvalue weighted by molar-refractivity contribution is 6.17. The van der Waals surface area contributed by atoms with Gasteiger partial charge in [-0.05, 0) is 30.3 Å². The lowest BCUT2D eigenvalue weighted by Crippen LogP contribution is -1.91. The van der Waals surface area contributed by atoms with Crippen LogP contribution >= 0.6 is 11.6 Å². The van der Waals surface area contributed by atoms with Crippen LogP contribution in [0, 0.1) is 11.6 Å². The normalized spacial score (nSPS) is 10.3. The Bertz CT molecular complexity index is 529. The van der Waals surface area contributed by atoms with Crippen molar-refractivity contribution in [3.63, 3.8) is 0 Å². The molecule has 0 saturated heterocycles. The number of alkyl halides is 1. The van der Waals surface area contributed by atoms with Crippen LogP contribution in [0.1, 0.15) is 5.56 Å². The van der Waals surface area contributed by atoms with Crippen LogP contribution in [-0.4, -0.2) is 0 Å². The van der Waals surface area contributed by atoms with Crippen molar-refractivity contribution in [2.45, 2.75) is 5.88 Å². The van der Waals surface area contributed by atoms with Gasteiger partial charge < -0.3 is 4.74 Å². The lowest BCUT2D eigenvalue weighted by molar-refractivity contribution is 0.470. The minimum atomic E-state index is -0.392. The van der Waals surface area contributed by atoms with E-state index in [2.05, 4.69) is 0 Å². The minimum absolute atomic E-state index is 0.127. The highest BCUT2D eigenvalue weighted by Crippen LogP contribution is 2.27. The van der Waals surface area contributed by atoms with Crippen LogP contribution < -0.4 is 4.74 Å². The number of halogens is 3. The fourth-order valence-corrected chi connectivity index (χ4v) is 1.62. The van der Waals surface area contributed by atoms with Gasteiger partial charge in [-0.3, -0.25) is 0 Å². The van der Waals surface area contributed by atoms with E-state index in [0.29, 0.717) is 17.1 Å². The van der Waals surface area contributed by atoms with E-state index in [4.69, 9.17) is 16.3 Å². The maximum atomic E-state index is 13.0. The molecule has 0 bridgehead atoms. The number of ether oxygens (including phenoxy) is 1. The van der Waals surface area contributed by atoms with Crippen LogP contribution in [0.4, 0.5) is 8.78 Å². The molecule has 0 unspecified atom stereocenters. The molecule has 0 fully saturated rings. The summed E-state index contributed by atoms with van der Waals surface area (Å²) in [5.74, 6) is 0.127. The summed E-state index contributed by atoms with van der Waals surface area (Å²) in [6.45, 7) is 0. The Kier molecular flexibility index (Phi) is 3.59. The maximum Gasteiger partial charge on any atom is 0.132 e. The van der Waals surface area contributed by atoms with E-state index >= 15 is 0 Å². The van der Waals surface area contributed by atoms with E-state index in [9.17, 15) is 8.78 Å². The first-order chi connectivity index (χ1) is 8.19. The lowest BCUT2D eigenvalue weighted by atomic mass is 10.2. The van der Waals surface area contributed by atoms with Crippen LogP contribution in [-0.2, 0) is 5.88 Å². The molecule has 1 nitrogen and oxygen atoms in total. The first-order valence-electron chi connectivity index (χ1n) is 4.97. The number of hydrogen-bond donors (Lipinski definition) is 0. The summed E-state index contributed by atoms with van der Waals surface area (Å²) in [6, 6.07) is 9.75. The van der Waals surface area contributed by atoms with E-state index in [0.717, 1.165) is 0 Å². The van der Waals surface area contributed by atoms with Crippen molar-refractivity contribution in [3.8, 4) is 11.5 Å². The van der Waals surface area contributed by atoms with Gasteiger partial charge in [0.05, 0.1) is 5.88 Å². The molecule has 0 spiro atoms. The average Bonchev–Trinajstić information content (AvgIpc) is 2.31. The Morgan fingerprint density at radius 3 is 2.47 bits per heavy atom. The summed E-state index contributed by atoms with van der Waals surface area (Å²) in [7, 11) is 0. The maximum absolute atomic E-state index is 13.0. The molecule has 0 aliphatic carbocycles. The van der Waals surface area contributed by atoms with Crippen molar-refractivity contribution in [1.82, 2.24) is 0 Å². The molecule has 0 aromatic heterocycles. The molecular formula is C13H9ClF2O. The second-order valence-electron chi connectivity index (χ2n) is 3.45. The molecule has 0 heterocycles. The highest BCUT2D eigenvalue weighted by Gasteiger charge is 2.06. The van der Waals surface area contributed by atoms with Gasteiger partial charge in [-0.15, -0.1) is 11.6 Å². The third-order valence-electron chi connectivity index (χ3n) is 2.19. The van der Waals surface area contributed by atoms with Crippen molar-refractivity contribution in [2.75, 3.05) is 0 Å². The van der Waals surface area contributed by atoms with Gasteiger partial charge in [-0.2, -0.15) is 0 Å². The van der Waals surface area contributed by atoms with Crippen molar-refractivity contribution in [1.29, 1.82) is 0 Å². The summed E-state index contributed by atoms with van der Waals surface area (Å²) in [6.07, 6.45) is 0. The Balaban J connectivity index is 2.29. The Hall–Kier alpha value is -1.61. The quantitative estimate of drug-likeness (QED) is 0.733. The molecule has 4 heteroatoms. The molecule has 0 N–H and O–H groups in total. The fraction of sp³-hybridized carbons (Fsp3) is 0.0769. The first kappa shape index (κ1) is 11.9. The zero-order valence-electron chi connectivity index (χ0n) is 8.79. The first-order valence-corrected chi connectivity index (χ1v) is 5.50. The predicted octanol–water partition coefficient (Wildman–Crippen LogP) is 4.50. The molecule has 0 aliphatic heterocycles. The van der Waals surface area contributed by atoms with Gasteiger partial charge in [-0.25, -0.2) is 8.78 Å². The van der Waals surface area contributed by atoms with E-state index < -0.39 is 5.82 Å². The van der Waals surface area contributed by atoms with Gasteiger partial charge >= 0.3 is 0 Å². The van der Waals surface area contributed by atoms with Gasteiger partial charge in [0.25, 0.3) is 0 Å². The SMILES string of the molecule is Fc1cccc(Oc2ccc(F)cc2CCl)c1. The standard InChI is InChI=1S/C13H9ClF2O/c14-8-9-6-11(16)4-5-13(9)17-12-3-1-2-10(15)7-12/h1-7H,8H2. The average molecular weight is 255 g/mol. The van der Waals surface area contributed by atoms with Gasteiger partial charge in [0.1, 0.15) is 23.1 Å². The number of benzene rings is 2. The van der Waals surface area contributed by atoms with E-state index in [1.54, 1.807) is 6.07 Å². The molecule has 0 aliphatic rings. The molecule has 0 radical (unpaired) electrons. The molecule has 88 valence electrons. The minimum Gasteiger partial charge on any atom is -0.457 e. The van der Waals surface area contributed by atoms with Crippen LogP contribution in [0.5, 0.6) is 11.5 Å². The Morgan fingerprint density at radius 1 is 1.00 bits per heavy atom. The molecule has 2 aromatic carbocycles. The summed E-state index contributed by atoms with van der Waals surface area (Å²) >= 11 is 5.68. The molecule has 0 atom stereocenters. The van der Waals surface area contributed by atoms with Crippen LogP contribution in [0.2, 0.25) is 0 Å². The topological polar surface area (TPSA) is 9.23 Å². The van der Waals surface area contributed by atoms with Gasteiger partial charge in [0.2, 0.25) is 0 Å². The third-order valence-corrected chi connectivity index (χ3v) is 2.48. The number of rotatable bonds is 3. The molecule has 0 saturated carbocycles. The Morgan fingerprint density at radius 2 is 1.76 bits per heavy atom. The summed E-state index contributed by atoms with van der Waals surface area (Å²) in [5.41, 5.74) is 0.524. The van der Waals surface area contributed by atoms with Gasteiger partial charge in [0, 0.05) is 11.6 Å². The monoisotopic (exact) mass is 254 g/mol. The van der Waals surface area contributed by atoms with Gasteiger partial charge in [-0.1, -0.05) is 6.07 Å². The number of hydrogen-bond acceptors (Lipinski definition) is 1. The molecule has 2 rings (SSSR count). The van der Waals surface area contributed by atoms with E-state index in [1.807, 2.05) is 0 Å². The zero-order chi connectivity index (χ0) is 12.3. The largest absolute Gasteiger partial charge is 0.457 e. The van der Waals surface area contributed by atoms with Crippen molar-refractivity contribution < 1.29 is 13.5 Å². The van der Waals surface area contributed by atoms with E-state index in [-0.39, 0.29) is 11.7 Å². The molecule has 2 aromatic rings. The van der Waals surface area contributed by atoms with E-state index in [1.165, 1.54) is 36.4 Å². The molecule has 17 heavy (non-hydrogen) atoms. The third kappa shape index (κ3) is 2.94. The van der Waals surface area contributed by atoms with Crippen molar-refractivity contribution in [3.05, 3.63) is 59.7 Å². The zero-order valence-corrected chi connectivity index (χ0v) is 9.55. The second-order valence-corrected chi connectivity index (χ2v) is 3.71. The van der Waals surface area contributed by atoms with Crippen molar-refractivity contribution >= 4 is 11.6 Å². The molecular weight excluding hydrogens is 246 g/mol. The Labute approximate surface area is 103 Å². The van der Waals surface area contributed by atoms with Crippen molar-refractivity contribution in [2.24, 2.45) is 0 Å². The van der Waals surface area contributed by atoms with Crippen LogP contribution in [0.3, 0.4) is 0 Å². The second kappa shape index (κ2) is 5.15. The summed E-state index contributed by atoms with van der Waals surface area (Å²) < 4.78 is 31.4. The lowest BCUT2D eigenvalue weighted by Gasteiger charge is -2.09.